The van der Waals surface area contributed by atoms with E-state index in [0.29, 0.717) is 11.3 Å². The van der Waals surface area contributed by atoms with Crippen molar-refractivity contribution in [3.05, 3.63) is 36.1 Å². The summed E-state index contributed by atoms with van der Waals surface area (Å²) in [6.45, 7) is 5.41. The van der Waals surface area contributed by atoms with E-state index in [9.17, 15) is 0 Å². The number of rotatable bonds is 0. The number of hydrogen-bond acceptors (Lipinski definition) is 1. The average molecular weight is 106 g/mol. The van der Waals surface area contributed by atoms with E-state index in [4.69, 9.17) is 12.3 Å². The zero-order valence-electron chi connectivity index (χ0n) is 4.59. The molecule has 0 aromatic heterocycles. The summed E-state index contributed by atoms with van der Waals surface area (Å²) in [5.41, 5.74) is 6.80. The second kappa shape index (κ2) is 1.81. The summed E-state index contributed by atoms with van der Waals surface area (Å²) in [7, 11) is 0. The monoisotopic (exact) mass is 106 g/mol. The first kappa shape index (κ1) is 5.07. The average Bonchev–Trinajstić information content (AvgIpc) is 1.77. The van der Waals surface area contributed by atoms with E-state index < -0.39 is 0 Å². The third-order valence-corrected chi connectivity index (χ3v) is 1.10. The van der Waals surface area contributed by atoms with Gasteiger partial charge in [0, 0.05) is 19.1 Å². The lowest BCUT2D eigenvalue weighted by molar-refractivity contribution is 1.22. The highest BCUT2D eigenvalue weighted by molar-refractivity contribution is 5.37. The summed E-state index contributed by atoms with van der Waals surface area (Å²) >= 11 is 0. The highest BCUT2D eigenvalue weighted by Gasteiger charge is 2.06. The summed E-state index contributed by atoms with van der Waals surface area (Å²) in [5, 5.41) is 0. The van der Waals surface area contributed by atoms with Gasteiger partial charge >= 0.3 is 0 Å². The van der Waals surface area contributed by atoms with E-state index >= 15 is 0 Å². The lowest BCUT2D eigenvalue weighted by atomic mass is 10.1. The van der Waals surface area contributed by atoms with Gasteiger partial charge in [0.2, 0.25) is 5.57 Å². The van der Waals surface area contributed by atoms with Crippen LogP contribution in [0, 0.1) is 6.58 Å². The van der Waals surface area contributed by atoms with Crippen LogP contribution < -0.4 is 5.73 Å². The normalized spacial score (nSPS) is 18.4. The number of allylic oxidation sites excluding steroid dienone is 3. The molecule has 1 aliphatic carbocycles. The van der Waals surface area contributed by atoms with Crippen molar-refractivity contribution >= 4 is 0 Å². The van der Waals surface area contributed by atoms with E-state index in [2.05, 4.69) is 0 Å². The van der Waals surface area contributed by atoms with Crippen molar-refractivity contribution in [1.29, 1.82) is 0 Å². The van der Waals surface area contributed by atoms with Crippen LogP contribution in [0.15, 0.2) is 29.5 Å². The molecule has 0 spiro atoms. The van der Waals surface area contributed by atoms with Crippen LogP contribution in [-0.2, 0) is 0 Å². The van der Waals surface area contributed by atoms with Crippen LogP contribution in [0.2, 0.25) is 0 Å². The van der Waals surface area contributed by atoms with Gasteiger partial charge in [0.15, 0.2) is 0 Å². The molecule has 0 aliphatic heterocycles. The minimum Gasteiger partial charge on any atom is -0.346 e. The number of hydrogen-bond donors (Lipinski definition) is 1. The summed E-state index contributed by atoms with van der Waals surface area (Å²) in [4.78, 5) is 0. The van der Waals surface area contributed by atoms with Gasteiger partial charge in [-0.05, 0) is 6.08 Å². The third-order valence-electron chi connectivity index (χ3n) is 1.10. The molecule has 40 valence electrons. The molecule has 0 amide bonds. The molecule has 1 aliphatic rings. The second-order valence-corrected chi connectivity index (χ2v) is 1.75. The molecule has 1 rings (SSSR count). The first-order valence-electron chi connectivity index (χ1n) is 2.55. The Labute approximate surface area is 49.2 Å². The minimum atomic E-state index is 0.677. The fourth-order valence-electron chi connectivity index (χ4n) is 0.604. The van der Waals surface area contributed by atoms with Crippen LogP contribution in [-0.4, -0.2) is 0 Å². The van der Waals surface area contributed by atoms with Crippen molar-refractivity contribution in [1.82, 2.24) is 0 Å². The molecule has 0 atom stereocenters. The molecule has 1 heteroatoms. The molecular formula is C7H8N+. The molecule has 0 radical (unpaired) electrons. The lowest BCUT2D eigenvalue weighted by Gasteiger charge is -1.92. The van der Waals surface area contributed by atoms with Crippen molar-refractivity contribution in [2.45, 2.75) is 6.42 Å². The van der Waals surface area contributed by atoms with Gasteiger partial charge in [-0.2, -0.15) is 0 Å². The zero-order valence-corrected chi connectivity index (χ0v) is 4.59. The summed E-state index contributed by atoms with van der Waals surface area (Å²) < 4.78 is 0. The molecule has 0 fully saturated rings. The van der Waals surface area contributed by atoms with Crippen molar-refractivity contribution in [3.8, 4) is 0 Å². The molecule has 1 nitrogen and oxygen atoms in total. The maximum Gasteiger partial charge on any atom is 0.203 e. The van der Waals surface area contributed by atoms with Gasteiger partial charge in [-0.3, -0.25) is 0 Å². The summed E-state index contributed by atoms with van der Waals surface area (Å²) in [6, 6.07) is 0. The highest BCUT2D eigenvalue weighted by Crippen LogP contribution is 2.09. The van der Waals surface area contributed by atoms with Crippen molar-refractivity contribution in [2.75, 3.05) is 0 Å². The van der Waals surface area contributed by atoms with E-state index in [1.807, 2.05) is 18.2 Å². The van der Waals surface area contributed by atoms with E-state index in [0.717, 1.165) is 6.42 Å². The van der Waals surface area contributed by atoms with Gasteiger partial charge < -0.3 is 5.73 Å². The zero-order chi connectivity index (χ0) is 5.98. The quantitative estimate of drug-likeness (QED) is 0.460. The Morgan fingerprint density at radius 3 is 2.75 bits per heavy atom. The van der Waals surface area contributed by atoms with E-state index in [1.54, 1.807) is 0 Å². The maximum absolute atomic E-state index is 5.43. The Kier molecular flexibility index (Phi) is 1.15. The van der Waals surface area contributed by atoms with Crippen LogP contribution in [0.1, 0.15) is 6.42 Å². The predicted octanol–water partition coefficient (Wildman–Crippen LogP) is 1.15. The minimum absolute atomic E-state index is 0.677. The van der Waals surface area contributed by atoms with Gasteiger partial charge in [0.1, 0.15) is 5.70 Å². The standard InChI is InChI=1S/C7H8N/c1-6-4-2-3-5-7(6)8/h1-2,4-5H,3,8H2/q+1. The first-order chi connectivity index (χ1) is 3.80. The molecule has 0 saturated carbocycles. The Morgan fingerprint density at radius 1 is 1.62 bits per heavy atom. The molecule has 0 aromatic rings. The van der Waals surface area contributed by atoms with Gasteiger partial charge in [-0.25, -0.2) is 0 Å². The topological polar surface area (TPSA) is 26.0 Å². The summed E-state index contributed by atoms with van der Waals surface area (Å²) in [5.74, 6) is 0. The Hall–Kier alpha value is -1.07. The Balaban J connectivity index is 2.78. The maximum atomic E-state index is 5.43. The van der Waals surface area contributed by atoms with Gasteiger partial charge in [-0.15, -0.1) is 0 Å². The van der Waals surface area contributed by atoms with Crippen LogP contribution in [0.3, 0.4) is 0 Å². The largest absolute Gasteiger partial charge is 0.346 e. The predicted molar refractivity (Wildman–Crippen MR) is 33.8 cm³/mol. The Bertz CT molecular complexity index is 163. The third kappa shape index (κ3) is 0.772. The van der Waals surface area contributed by atoms with Gasteiger partial charge in [0.25, 0.3) is 0 Å². The van der Waals surface area contributed by atoms with Gasteiger partial charge in [-0.1, -0.05) is 0 Å². The van der Waals surface area contributed by atoms with Crippen LogP contribution in [0.5, 0.6) is 0 Å². The molecule has 0 bridgehead atoms. The molecule has 2 N–H and O–H groups in total. The molecular weight excluding hydrogens is 98.1 g/mol. The second-order valence-electron chi connectivity index (χ2n) is 1.75. The first-order valence-corrected chi connectivity index (χ1v) is 2.55. The number of nitrogens with two attached hydrogens (primary N) is 1. The SMILES string of the molecule is [CH+]=C1C=CCC=C1N. The van der Waals surface area contributed by atoms with Crippen LogP contribution in [0.25, 0.3) is 0 Å². The van der Waals surface area contributed by atoms with E-state index in [-0.39, 0.29) is 0 Å². The molecule has 0 saturated heterocycles. The van der Waals surface area contributed by atoms with Crippen LogP contribution >= 0.6 is 0 Å². The van der Waals surface area contributed by atoms with Gasteiger partial charge in [0.05, 0.1) is 6.08 Å². The fourth-order valence-corrected chi connectivity index (χ4v) is 0.604. The van der Waals surface area contributed by atoms with E-state index in [1.165, 1.54) is 0 Å². The molecule has 0 aromatic carbocycles. The fraction of sp³-hybridized carbons (Fsp3) is 0.143. The molecule has 0 heterocycles. The smallest absolute Gasteiger partial charge is 0.203 e. The van der Waals surface area contributed by atoms with Crippen molar-refractivity contribution in [3.63, 3.8) is 0 Å². The highest BCUT2D eigenvalue weighted by atomic mass is 14.6. The van der Waals surface area contributed by atoms with Crippen molar-refractivity contribution in [2.24, 2.45) is 5.73 Å². The van der Waals surface area contributed by atoms with Crippen molar-refractivity contribution < 1.29 is 0 Å². The lowest BCUT2D eigenvalue weighted by Crippen LogP contribution is -2.00. The molecule has 0 unspecified atom stereocenters. The molecule has 8 heavy (non-hydrogen) atoms. The summed E-state index contributed by atoms with van der Waals surface area (Å²) in [6.07, 6.45) is 6.61. The Morgan fingerprint density at radius 2 is 2.38 bits per heavy atom. The van der Waals surface area contributed by atoms with Crippen LogP contribution in [0.4, 0.5) is 0 Å².